The molecule has 70 valence electrons. The Kier molecular flexibility index (Phi) is 3.15. The van der Waals surface area contributed by atoms with Crippen LogP contribution in [0.5, 0.6) is 0 Å². The fourth-order valence-electron chi connectivity index (χ4n) is 0.560. The summed E-state index contributed by atoms with van der Waals surface area (Å²) in [4.78, 5) is 20.5. The summed E-state index contributed by atoms with van der Waals surface area (Å²) in [7, 11) is 0. The van der Waals surface area contributed by atoms with E-state index in [1.54, 1.807) is 0 Å². The summed E-state index contributed by atoms with van der Waals surface area (Å²) in [6.45, 7) is 1.12. The Balaban J connectivity index is 4.24. The number of hydrogen-bond donors (Lipinski definition) is 3. The lowest BCUT2D eigenvalue weighted by Gasteiger charge is -2.19. The van der Waals surface area contributed by atoms with Gasteiger partial charge in [-0.2, -0.15) is 0 Å². The van der Waals surface area contributed by atoms with E-state index >= 15 is 0 Å². The summed E-state index contributed by atoms with van der Waals surface area (Å²) in [5, 5.41) is 8.43. The number of primary amides is 1. The van der Waals surface area contributed by atoms with Gasteiger partial charge in [-0.3, -0.25) is 9.59 Å². The van der Waals surface area contributed by atoms with E-state index in [2.05, 4.69) is 5.73 Å². The molecule has 0 heterocycles. The number of hydrogen-bond acceptors (Lipinski definition) is 3. The third-order valence-electron chi connectivity index (χ3n) is 1.40. The minimum absolute atomic E-state index is 0.613. The van der Waals surface area contributed by atoms with Crippen LogP contribution >= 0.6 is 0 Å². The first-order chi connectivity index (χ1) is 5.27. The fraction of sp³-hybridized carbons (Fsp3) is 0.667. The summed E-state index contributed by atoms with van der Waals surface area (Å²) in [6, 6.07) is 0. The third-order valence-corrected chi connectivity index (χ3v) is 1.40. The number of rotatable bonds is 4. The minimum Gasteiger partial charge on any atom is -0.480 e. The lowest BCUT2D eigenvalue weighted by Crippen LogP contribution is -2.48. The van der Waals surface area contributed by atoms with E-state index in [9.17, 15) is 14.0 Å². The van der Waals surface area contributed by atoms with Gasteiger partial charge in [0.2, 0.25) is 0 Å². The highest BCUT2D eigenvalue weighted by Gasteiger charge is 2.33. The van der Waals surface area contributed by atoms with Gasteiger partial charge in [-0.05, 0) is 6.92 Å². The lowest BCUT2D eigenvalue weighted by molar-refractivity contribution is -0.143. The zero-order chi connectivity index (χ0) is 9.94. The molecule has 5 N–H and O–H groups in total. The Hall–Kier alpha value is -1.17. The number of carbonyl (C=O) groups excluding carboxylic acids is 1. The van der Waals surface area contributed by atoms with Gasteiger partial charge in [-0.15, -0.1) is 0 Å². The molecule has 0 aromatic heterocycles. The molecule has 0 aliphatic heterocycles. The molecule has 0 aliphatic carbocycles. The van der Waals surface area contributed by atoms with Crippen LogP contribution in [0.15, 0.2) is 0 Å². The average molecular weight is 178 g/mol. The van der Waals surface area contributed by atoms with Gasteiger partial charge in [-0.1, -0.05) is 0 Å². The second-order valence-corrected chi connectivity index (χ2v) is 2.80. The molecule has 0 aliphatic rings. The Morgan fingerprint density at radius 2 is 2.08 bits per heavy atom. The molecule has 0 aromatic carbocycles. The molecule has 1 amide bonds. The summed E-state index contributed by atoms with van der Waals surface area (Å²) >= 11 is 0. The van der Waals surface area contributed by atoms with Gasteiger partial charge in [0, 0.05) is 6.42 Å². The maximum atomic E-state index is 12.6. The first-order valence-electron chi connectivity index (χ1n) is 3.23. The summed E-state index contributed by atoms with van der Waals surface area (Å²) < 4.78 is 12.6. The van der Waals surface area contributed by atoms with Crippen LogP contribution in [0.25, 0.3) is 0 Å². The molecule has 0 fully saturated rings. The van der Waals surface area contributed by atoms with Crippen molar-refractivity contribution in [3.63, 3.8) is 0 Å². The van der Waals surface area contributed by atoms with Crippen LogP contribution in [-0.2, 0) is 9.59 Å². The second kappa shape index (κ2) is 3.48. The Morgan fingerprint density at radius 1 is 1.67 bits per heavy atom. The van der Waals surface area contributed by atoms with Gasteiger partial charge in [0.25, 0.3) is 5.91 Å². The SMILES string of the molecule is CC(N)(C[C@@H](F)C(N)=O)C(=O)O. The molecule has 1 unspecified atom stereocenters. The van der Waals surface area contributed by atoms with Crippen LogP contribution in [0.1, 0.15) is 13.3 Å². The quantitative estimate of drug-likeness (QED) is 0.513. The number of amides is 1. The largest absolute Gasteiger partial charge is 0.480 e. The van der Waals surface area contributed by atoms with Gasteiger partial charge in [0.15, 0.2) is 6.17 Å². The standard InChI is InChI=1S/C6H11FN2O3/c1-6(9,5(11)12)2-3(7)4(8)10/h3H,2,9H2,1H3,(H2,8,10)(H,11,12)/t3-,6?/m1/s1. The predicted molar refractivity (Wildman–Crippen MR) is 38.9 cm³/mol. The van der Waals surface area contributed by atoms with E-state index in [0.717, 1.165) is 6.92 Å². The topological polar surface area (TPSA) is 106 Å². The molecule has 0 saturated heterocycles. The summed E-state index contributed by atoms with van der Waals surface area (Å²) in [5.41, 5.74) is 7.98. The van der Waals surface area contributed by atoms with E-state index in [4.69, 9.17) is 10.8 Å². The molecule has 0 aromatic rings. The third kappa shape index (κ3) is 2.83. The number of carbonyl (C=O) groups is 2. The van der Waals surface area contributed by atoms with Crippen LogP contribution in [-0.4, -0.2) is 28.7 Å². The van der Waals surface area contributed by atoms with Crippen molar-refractivity contribution in [3.8, 4) is 0 Å². The van der Waals surface area contributed by atoms with Gasteiger partial charge in [0.1, 0.15) is 5.54 Å². The Labute approximate surface area is 68.5 Å². The van der Waals surface area contributed by atoms with Crippen LogP contribution < -0.4 is 11.5 Å². The van der Waals surface area contributed by atoms with E-state index in [0.29, 0.717) is 0 Å². The van der Waals surface area contributed by atoms with Crippen LogP contribution in [0, 0.1) is 0 Å². The molecule has 0 radical (unpaired) electrons. The monoisotopic (exact) mass is 178 g/mol. The fourth-order valence-corrected chi connectivity index (χ4v) is 0.560. The highest BCUT2D eigenvalue weighted by atomic mass is 19.1. The number of nitrogens with two attached hydrogens (primary N) is 2. The van der Waals surface area contributed by atoms with Crippen molar-refractivity contribution in [2.24, 2.45) is 11.5 Å². The van der Waals surface area contributed by atoms with E-state index in [1.165, 1.54) is 0 Å². The van der Waals surface area contributed by atoms with Gasteiger partial charge < -0.3 is 16.6 Å². The van der Waals surface area contributed by atoms with Crippen molar-refractivity contribution >= 4 is 11.9 Å². The van der Waals surface area contributed by atoms with Gasteiger partial charge >= 0.3 is 5.97 Å². The van der Waals surface area contributed by atoms with Crippen LogP contribution in [0.3, 0.4) is 0 Å². The molecule has 5 nitrogen and oxygen atoms in total. The highest BCUT2D eigenvalue weighted by molar-refractivity contribution is 5.82. The molecule has 6 heteroatoms. The minimum atomic E-state index is -2.02. The van der Waals surface area contributed by atoms with Crippen molar-refractivity contribution in [2.45, 2.75) is 25.1 Å². The molecule has 0 spiro atoms. The van der Waals surface area contributed by atoms with Crippen LogP contribution in [0.4, 0.5) is 4.39 Å². The molecule has 12 heavy (non-hydrogen) atoms. The van der Waals surface area contributed by atoms with Crippen LogP contribution in [0.2, 0.25) is 0 Å². The Bertz CT molecular complexity index is 205. The molecule has 2 atom stereocenters. The van der Waals surface area contributed by atoms with E-state index in [-0.39, 0.29) is 0 Å². The Morgan fingerprint density at radius 3 is 2.33 bits per heavy atom. The first kappa shape index (κ1) is 10.8. The lowest BCUT2D eigenvalue weighted by atomic mass is 9.96. The molecule has 0 saturated carbocycles. The molecular weight excluding hydrogens is 167 g/mol. The summed E-state index contributed by atoms with van der Waals surface area (Å²) in [6.07, 6.45) is -2.63. The zero-order valence-electron chi connectivity index (χ0n) is 6.58. The molecular formula is C6H11FN2O3. The number of aliphatic carboxylic acids is 1. The normalized spacial score (nSPS) is 17.9. The number of halogens is 1. The zero-order valence-corrected chi connectivity index (χ0v) is 6.58. The van der Waals surface area contributed by atoms with E-state index < -0.39 is 30.0 Å². The number of carboxylic acid groups (broad SMARTS) is 1. The van der Waals surface area contributed by atoms with Crippen molar-refractivity contribution in [1.29, 1.82) is 0 Å². The molecule has 0 rings (SSSR count). The second-order valence-electron chi connectivity index (χ2n) is 2.80. The van der Waals surface area contributed by atoms with Gasteiger partial charge in [-0.25, -0.2) is 4.39 Å². The maximum absolute atomic E-state index is 12.6. The van der Waals surface area contributed by atoms with Crippen molar-refractivity contribution < 1.29 is 19.1 Å². The number of alkyl halides is 1. The average Bonchev–Trinajstić information content (AvgIpc) is 1.85. The van der Waals surface area contributed by atoms with Crippen molar-refractivity contribution in [1.82, 2.24) is 0 Å². The van der Waals surface area contributed by atoms with Crippen molar-refractivity contribution in [2.75, 3.05) is 0 Å². The summed E-state index contributed by atoms with van der Waals surface area (Å²) in [5.74, 6) is -2.57. The first-order valence-corrected chi connectivity index (χ1v) is 3.23. The van der Waals surface area contributed by atoms with E-state index in [1.807, 2.05) is 0 Å². The van der Waals surface area contributed by atoms with Crippen molar-refractivity contribution in [3.05, 3.63) is 0 Å². The smallest absolute Gasteiger partial charge is 0.323 e. The predicted octanol–water partition coefficient (Wildman–Crippen LogP) is -0.998. The molecule has 0 bridgehead atoms. The maximum Gasteiger partial charge on any atom is 0.323 e. The number of carboxylic acids is 1. The van der Waals surface area contributed by atoms with Gasteiger partial charge in [0.05, 0.1) is 0 Å². The highest BCUT2D eigenvalue weighted by Crippen LogP contribution is 2.11.